The molecular formula is C24H18ClF2N7O. The third-order valence-electron chi connectivity index (χ3n) is 6.20. The van der Waals surface area contributed by atoms with Crippen molar-refractivity contribution < 1.29 is 13.6 Å². The molecule has 2 atom stereocenters. The number of aromatic amines is 1. The molecule has 6 rings (SSSR count). The van der Waals surface area contributed by atoms with Gasteiger partial charge in [0.2, 0.25) is 5.91 Å². The molecule has 0 unspecified atom stereocenters. The summed E-state index contributed by atoms with van der Waals surface area (Å²) in [4.78, 5) is 17.8. The summed E-state index contributed by atoms with van der Waals surface area (Å²) in [6.07, 6.45) is 5.69. The minimum absolute atomic E-state index is 0.0464. The number of aromatic nitrogens is 5. The van der Waals surface area contributed by atoms with E-state index in [-0.39, 0.29) is 23.0 Å². The van der Waals surface area contributed by atoms with Gasteiger partial charge in [-0.2, -0.15) is 10.2 Å². The monoisotopic (exact) mass is 493 g/mol. The second-order valence-corrected chi connectivity index (χ2v) is 8.81. The lowest BCUT2D eigenvalue weighted by molar-refractivity contribution is -0.117. The molecular weight excluding hydrogens is 476 g/mol. The Bertz CT molecular complexity index is 1600. The van der Waals surface area contributed by atoms with Gasteiger partial charge in [0, 0.05) is 48.3 Å². The van der Waals surface area contributed by atoms with Gasteiger partial charge < -0.3 is 10.2 Å². The summed E-state index contributed by atoms with van der Waals surface area (Å²) in [5.74, 6) is -1.29. The highest BCUT2D eigenvalue weighted by Crippen LogP contribution is 2.44. The lowest BCUT2D eigenvalue weighted by Crippen LogP contribution is -2.15. The Labute approximate surface area is 202 Å². The number of carbonyl (C=O) groups is 1. The summed E-state index contributed by atoms with van der Waals surface area (Å²) in [6, 6.07) is 8.74. The first-order valence-electron chi connectivity index (χ1n) is 10.8. The first kappa shape index (κ1) is 21.5. The van der Waals surface area contributed by atoms with Crippen LogP contribution in [-0.2, 0) is 4.79 Å². The van der Waals surface area contributed by atoms with Crippen LogP contribution in [0.1, 0.15) is 6.42 Å². The fraction of sp³-hybridized carbons (Fsp3) is 0.167. The summed E-state index contributed by atoms with van der Waals surface area (Å²) in [6.45, 7) is 0. The summed E-state index contributed by atoms with van der Waals surface area (Å²) in [5, 5.41) is 14.6. The topological polar surface area (TPSA) is 91.2 Å². The Morgan fingerprint density at radius 2 is 2.06 bits per heavy atom. The zero-order valence-electron chi connectivity index (χ0n) is 18.3. The molecule has 0 spiro atoms. The van der Waals surface area contributed by atoms with Gasteiger partial charge in [-0.25, -0.2) is 13.3 Å². The van der Waals surface area contributed by atoms with Gasteiger partial charge in [0.25, 0.3) is 0 Å². The van der Waals surface area contributed by atoms with E-state index in [2.05, 4.69) is 25.6 Å². The number of pyridine rings is 2. The molecule has 0 radical (unpaired) electrons. The van der Waals surface area contributed by atoms with Crippen LogP contribution >= 0.6 is 11.6 Å². The fourth-order valence-electron chi connectivity index (χ4n) is 4.26. The minimum atomic E-state index is -1.09. The molecule has 0 bridgehead atoms. The van der Waals surface area contributed by atoms with Crippen molar-refractivity contribution in [1.29, 1.82) is 0 Å². The molecule has 35 heavy (non-hydrogen) atoms. The Morgan fingerprint density at radius 1 is 1.29 bits per heavy atom. The van der Waals surface area contributed by atoms with E-state index in [0.717, 1.165) is 5.69 Å². The number of anilines is 3. The van der Waals surface area contributed by atoms with E-state index in [9.17, 15) is 9.18 Å². The summed E-state index contributed by atoms with van der Waals surface area (Å²) in [7, 11) is 1.74. The molecule has 1 aromatic carbocycles. The highest BCUT2D eigenvalue weighted by molar-refractivity contribution is 6.36. The van der Waals surface area contributed by atoms with Crippen LogP contribution in [0, 0.1) is 11.7 Å². The van der Waals surface area contributed by atoms with E-state index < -0.39 is 17.9 Å². The van der Waals surface area contributed by atoms with Gasteiger partial charge in [-0.05, 0) is 36.2 Å². The second kappa shape index (κ2) is 8.02. The second-order valence-electron chi connectivity index (χ2n) is 8.44. The molecule has 8 nitrogen and oxygen atoms in total. The summed E-state index contributed by atoms with van der Waals surface area (Å²) < 4.78 is 30.5. The van der Waals surface area contributed by atoms with Crippen molar-refractivity contribution in [3.63, 3.8) is 0 Å². The van der Waals surface area contributed by atoms with Crippen molar-refractivity contribution in [2.24, 2.45) is 5.92 Å². The quantitative estimate of drug-likeness (QED) is 0.354. The van der Waals surface area contributed by atoms with Crippen molar-refractivity contribution >= 4 is 51.1 Å². The van der Waals surface area contributed by atoms with Crippen molar-refractivity contribution in [2.75, 3.05) is 17.3 Å². The molecule has 2 N–H and O–H groups in total. The highest BCUT2D eigenvalue weighted by atomic mass is 35.5. The van der Waals surface area contributed by atoms with Gasteiger partial charge in [0.05, 0.1) is 28.2 Å². The third-order valence-corrected chi connectivity index (χ3v) is 6.56. The predicted octanol–water partition coefficient (Wildman–Crippen LogP) is 5.13. The van der Waals surface area contributed by atoms with Gasteiger partial charge in [0.1, 0.15) is 11.9 Å². The van der Waals surface area contributed by atoms with E-state index in [4.69, 9.17) is 11.6 Å². The number of halogens is 3. The normalized spacial score (nSPS) is 17.1. The fourth-order valence-corrected chi connectivity index (χ4v) is 4.56. The highest BCUT2D eigenvalue weighted by Gasteiger charge is 2.43. The van der Waals surface area contributed by atoms with Crippen LogP contribution in [0.5, 0.6) is 0 Å². The smallest absolute Gasteiger partial charge is 0.231 e. The molecule has 4 heterocycles. The lowest BCUT2D eigenvalue weighted by Gasteiger charge is -2.22. The van der Waals surface area contributed by atoms with E-state index in [0.29, 0.717) is 33.4 Å². The van der Waals surface area contributed by atoms with Crippen LogP contribution < -0.4 is 10.2 Å². The average Bonchev–Trinajstić information content (AvgIpc) is 3.22. The van der Waals surface area contributed by atoms with Gasteiger partial charge in [0.15, 0.2) is 11.6 Å². The number of alkyl halides is 1. The lowest BCUT2D eigenvalue weighted by atomic mass is 10.0. The maximum absolute atomic E-state index is 15.7. The number of carbonyl (C=O) groups excluding carboxylic acids is 1. The molecule has 11 heteroatoms. The zero-order valence-corrected chi connectivity index (χ0v) is 19.1. The van der Waals surface area contributed by atoms with Gasteiger partial charge in [-0.3, -0.25) is 14.9 Å². The standard InChI is InChI=1S/C24H18ClF2N7O/c1-33(13-2-5-28-6-3-13)23-21(27)20(25)19(16-11-29-31-22(16)23)12-4-7-34-14(8-12)9-18(32-34)30-24(35)15-10-17(15)26/h2-9,11,15,17H,10H2,1H3,(H,29,31)(H,30,32,35)/t15-,17+/m1/s1. The first-order valence-corrected chi connectivity index (χ1v) is 11.2. The van der Waals surface area contributed by atoms with E-state index in [1.54, 1.807) is 71.6 Å². The van der Waals surface area contributed by atoms with Gasteiger partial charge in [-0.15, -0.1) is 0 Å². The van der Waals surface area contributed by atoms with Gasteiger partial charge >= 0.3 is 0 Å². The minimum Gasteiger partial charge on any atom is -0.340 e. The molecule has 5 aromatic rings. The predicted molar refractivity (Wildman–Crippen MR) is 129 cm³/mol. The van der Waals surface area contributed by atoms with Crippen molar-refractivity contribution in [1.82, 2.24) is 24.8 Å². The molecule has 0 aliphatic heterocycles. The van der Waals surface area contributed by atoms with Crippen molar-refractivity contribution in [3.05, 3.63) is 66.0 Å². The number of amides is 1. The third kappa shape index (κ3) is 3.57. The van der Waals surface area contributed by atoms with Crippen LogP contribution in [0.2, 0.25) is 5.02 Å². The van der Waals surface area contributed by atoms with Crippen LogP contribution in [0.4, 0.5) is 26.0 Å². The Morgan fingerprint density at radius 3 is 2.80 bits per heavy atom. The van der Waals surface area contributed by atoms with Crippen LogP contribution in [0.3, 0.4) is 0 Å². The summed E-state index contributed by atoms with van der Waals surface area (Å²) in [5.41, 5.74) is 3.27. The largest absolute Gasteiger partial charge is 0.340 e. The Hall–Kier alpha value is -4.05. The van der Waals surface area contributed by atoms with Crippen molar-refractivity contribution in [3.8, 4) is 11.1 Å². The molecule has 4 aromatic heterocycles. The van der Waals surface area contributed by atoms with Crippen molar-refractivity contribution in [2.45, 2.75) is 12.6 Å². The maximum Gasteiger partial charge on any atom is 0.231 e. The number of nitrogens with zero attached hydrogens (tertiary/aromatic N) is 5. The molecule has 1 fully saturated rings. The number of rotatable bonds is 5. The molecule has 1 amide bonds. The number of benzene rings is 1. The number of hydrogen-bond donors (Lipinski definition) is 2. The molecule has 0 saturated heterocycles. The average molecular weight is 494 g/mol. The van der Waals surface area contributed by atoms with Crippen LogP contribution in [0.15, 0.2) is 55.1 Å². The molecule has 1 aliphatic rings. The first-order chi connectivity index (χ1) is 16.9. The van der Waals surface area contributed by atoms with Crippen LogP contribution in [0.25, 0.3) is 27.5 Å². The Kier molecular flexibility index (Phi) is 4.92. The summed E-state index contributed by atoms with van der Waals surface area (Å²) >= 11 is 6.61. The van der Waals surface area contributed by atoms with Gasteiger partial charge in [-0.1, -0.05) is 11.6 Å². The van der Waals surface area contributed by atoms with Crippen LogP contribution in [-0.4, -0.2) is 43.9 Å². The maximum atomic E-state index is 15.7. The molecule has 1 aliphatic carbocycles. The van der Waals surface area contributed by atoms with E-state index in [1.807, 2.05) is 0 Å². The SMILES string of the molecule is CN(c1ccncc1)c1c(F)c(Cl)c(-c2ccn3nc(NC(=O)[C@@H]4C[C@@H]4F)cc3c2)c2cn[nH]c12. The number of hydrogen-bond acceptors (Lipinski definition) is 5. The number of fused-ring (bicyclic) bond motifs is 2. The van der Waals surface area contributed by atoms with E-state index in [1.165, 1.54) is 0 Å². The van der Waals surface area contributed by atoms with E-state index >= 15 is 4.39 Å². The number of H-pyrrole nitrogens is 1. The molecule has 176 valence electrons. The number of nitrogens with one attached hydrogen (secondary N) is 2. The molecule has 1 saturated carbocycles. The Balaban J connectivity index is 1.43. The zero-order chi connectivity index (χ0) is 24.3.